The second-order valence-electron chi connectivity index (χ2n) is 4.13. The van der Waals surface area contributed by atoms with Gasteiger partial charge in [0.05, 0.1) is 22.0 Å². The van der Waals surface area contributed by atoms with Crippen molar-refractivity contribution in [1.29, 1.82) is 0 Å². The number of hydrogen-bond donors (Lipinski definition) is 2. The van der Waals surface area contributed by atoms with Gasteiger partial charge in [0.2, 0.25) is 0 Å². The van der Waals surface area contributed by atoms with Crippen molar-refractivity contribution in [2.24, 2.45) is 7.05 Å². The van der Waals surface area contributed by atoms with E-state index >= 15 is 0 Å². The fraction of sp³-hybridized carbons (Fsp3) is 0.231. The number of anilines is 1. The van der Waals surface area contributed by atoms with Crippen LogP contribution in [0.4, 0.5) is 5.69 Å². The molecule has 0 aliphatic heterocycles. The van der Waals surface area contributed by atoms with Gasteiger partial charge in [0.1, 0.15) is 5.75 Å². The Kier molecular flexibility index (Phi) is 3.76. The van der Waals surface area contributed by atoms with Crippen LogP contribution in [0.3, 0.4) is 0 Å². The molecule has 5 nitrogen and oxygen atoms in total. The molecule has 19 heavy (non-hydrogen) atoms. The Hall–Kier alpha value is -2.01. The number of halogens is 1. The van der Waals surface area contributed by atoms with E-state index in [0.29, 0.717) is 17.7 Å². The highest BCUT2D eigenvalue weighted by Gasteiger charge is 2.15. The van der Waals surface area contributed by atoms with Crippen LogP contribution in [0.15, 0.2) is 24.4 Å². The Morgan fingerprint density at radius 2 is 2.26 bits per heavy atom. The van der Waals surface area contributed by atoms with Gasteiger partial charge < -0.3 is 10.4 Å². The number of aromatic hydroxyl groups is 1. The maximum Gasteiger partial charge on any atom is 0.259 e. The van der Waals surface area contributed by atoms with Crippen LogP contribution < -0.4 is 5.32 Å². The van der Waals surface area contributed by atoms with Gasteiger partial charge in [0.15, 0.2) is 0 Å². The van der Waals surface area contributed by atoms with Crippen molar-refractivity contribution < 1.29 is 9.90 Å². The average molecular weight is 280 g/mol. The van der Waals surface area contributed by atoms with Crippen LogP contribution in [-0.4, -0.2) is 20.8 Å². The molecular weight excluding hydrogens is 266 g/mol. The topological polar surface area (TPSA) is 67.2 Å². The van der Waals surface area contributed by atoms with Crippen LogP contribution in [0.1, 0.15) is 23.0 Å². The summed E-state index contributed by atoms with van der Waals surface area (Å²) in [6.45, 7) is 1.94. The van der Waals surface area contributed by atoms with Gasteiger partial charge in [-0.3, -0.25) is 9.48 Å². The third-order valence-corrected chi connectivity index (χ3v) is 3.00. The molecule has 0 spiro atoms. The zero-order chi connectivity index (χ0) is 14.0. The van der Waals surface area contributed by atoms with Crippen LogP contribution >= 0.6 is 11.6 Å². The van der Waals surface area contributed by atoms with Crippen LogP contribution in [0.2, 0.25) is 5.02 Å². The average Bonchev–Trinajstić information content (AvgIpc) is 2.74. The van der Waals surface area contributed by atoms with Crippen molar-refractivity contribution in [2.75, 3.05) is 5.32 Å². The number of nitrogens with zero attached hydrogens (tertiary/aromatic N) is 2. The summed E-state index contributed by atoms with van der Waals surface area (Å²) in [5, 5.41) is 16.5. The summed E-state index contributed by atoms with van der Waals surface area (Å²) in [6.07, 6.45) is 2.34. The summed E-state index contributed by atoms with van der Waals surface area (Å²) >= 11 is 5.94. The van der Waals surface area contributed by atoms with Gasteiger partial charge in [-0.05, 0) is 18.6 Å². The highest BCUT2D eigenvalue weighted by molar-refractivity contribution is 6.34. The molecule has 1 aromatic heterocycles. The van der Waals surface area contributed by atoms with Crippen molar-refractivity contribution in [3.8, 4) is 5.75 Å². The zero-order valence-corrected chi connectivity index (χ0v) is 11.4. The lowest BCUT2D eigenvalue weighted by atomic mass is 10.2. The van der Waals surface area contributed by atoms with Gasteiger partial charge in [0, 0.05) is 19.3 Å². The molecule has 6 heteroatoms. The highest BCUT2D eigenvalue weighted by Crippen LogP contribution is 2.26. The quantitative estimate of drug-likeness (QED) is 0.849. The molecule has 0 saturated heterocycles. The smallest absolute Gasteiger partial charge is 0.259 e. The molecule has 0 saturated carbocycles. The molecule has 1 amide bonds. The zero-order valence-electron chi connectivity index (χ0n) is 10.6. The highest BCUT2D eigenvalue weighted by atomic mass is 35.5. The summed E-state index contributed by atoms with van der Waals surface area (Å²) in [7, 11) is 1.77. The maximum absolute atomic E-state index is 12.2. The standard InChI is InChI=1S/C13H14ClN3O2/c1-3-11-9(7-17(2)16-11)13(19)15-12-5-4-8(18)6-10(12)14/h4-7,18H,3H2,1-2H3,(H,15,19). The van der Waals surface area contributed by atoms with E-state index in [0.717, 1.165) is 5.69 Å². The molecule has 100 valence electrons. The minimum atomic E-state index is -0.266. The van der Waals surface area contributed by atoms with E-state index in [1.165, 1.54) is 12.1 Å². The Morgan fingerprint density at radius 3 is 2.89 bits per heavy atom. The number of aromatic nitrogens is 2. The number of phenolic OH excluding ortho intramolecular Hbond substituents is 1. The Morgan fingerprint density at radius 1 is 1.53 bits per heavy atom. The first-order valence-corrected chi connectivity index (χ1v) is 6.21. The van der Waals surface area contributed by atoms with E-state index in [9.17, 15) is 9.90 Å². The molecule has 0 aliphatic carbocycles. The molecule has 2 rings (SSSR count). The summed E-state index contributed by atoms with van der Waals surface area (Å²) < 4.78 is 1.60. The fourth-order valence-corrected chi connectivity index (χ4v) is 2.00. The summed E-state index contributed by atoms with van der Waals surface area (Å²) in [5.41, 5.74) is 1.71. The molecule has 0 radical (unpaired) electrons. The van der Waals surface area contributed by atoms with Crippen molar-refractivity contribution >= 4 is 23.2 Å². The number of amides is 1. The van der Waals surface area contributed by atoms with Crippen molar-refractivity contribution in [3.63, 3.8) is 0 Å². The minimum absolute atomic E-state index is 0.0543. The number of nitrogens with one attached hydrogen (secondary N) is 1. The summed E-state index contributed by atoms with van der Waals surface area (Å²) in [5.74, 6) is -0.212. The van der Waals surface area contributed by atoms with Gasteiger partial charge in [0.25, 0.3) is 5.91 Å². The van der Waals surface area contributed by atoms with Crippen molar-refractivity contribution in [1.82, 2.24) is 9.78 Å². The SMILES string of the molecule is CCc1nn(C)cc1C(=O)Nc1ccc(O)cc1Cl. The maximum atomic E-state index is 12.2. The van der Waals surface area contributed by atoms with Gasteiger partial charge >= 0.3 is 0 Å². The summed E-state index contributed by atoms with van der Waals surface area (Å²) in [4.78, 5) is 12.2. The molecular formula is C13H14ClN3O2. The second-order valence-corrected chi connectivity index (χ2v) is 4.54. The molecule has 0 bridgehead atoms. The third-order valence-electron chi connectivity index (χ3n) is 2.69. The molecule has 0 aliphatic rings. The van der Waals surface area contributed by atoms with Gasteiger partial charge in [-0.25, -0.2) is 0 Å². The largest absolute Gasteiger partial charge is 0.508 e. The second kappa shape index (κ2) is 5.32. The van der Waals surface area contributed by atoms with E-state index in [-0.39, 0.29) is 16.7 Å². The first-order chi connectivity index (χ1) is 9.01. The van der Waals surface area contributed by atoms with E-state index in [4.69, 9.17) is 11.6 Å². The van der Waals surface area contributed by atoms with Crippen LogP contribution in [0, 0.1) is 0 Å². The number of phenols is 1. The van der Waals surface area contributed by atoms with Gasteiger partial charge in [-0.15, -0.1) is 0 Å². The molecule has 0 fully saturated rings. The number of benzene rings is 1. The number of carbonyl (C=O) groups is 1. The Labute approximate surface area is 115 Å². The molecule has 1 heterocycles. The molecule has 2 aromatic rings. The lowest BCUT2D eigenvalue weighted by Crippen LogP contribution is -2.13. The van der Waals surface area contributed by atoms with Crippen molar-refractivity contribution in [3.05, 3.63) is 40.7 Å². The predicted octanol–water partition coefficient (Wildman–Crippen LogP) is 2.59. The predicted molar refractivity (Wildman–Crippen MR) is 73.7 cm³/mol. The van der Waals surface area contributed by atoms with Gasteiger partial charge in [-0.2, -0.15) is 5.10 Å². The number of carbonyl (C=O) groups excluding carboxylic acids is 1. The minimum Gasteiger partial charge on any atom is -0.508 e. The van der Waals surface area contributed by atoms with E-state index < -0.39 is 0 Å². The Bertz CT molecular complexity index is 622. The Balaban J connectivity index is 2.25. The van der Waals surface area contributed by atoms with Crippen LogP contribution in [0.5, 0.6) is 5.75 Å². The monoisotopic (exact) mass is 279 g/mol. The molecule has 0 atom stereocenters. The lowest BCUT2D eigenvalue weighted by Gasteiger charge is -2.07. The molecule has 2 N–H and O–H groups in total. The van der Waals surface area contributed by atoms with E-state index in [2.05, 4.69) is 10.4 Å². The molecule has 0 unspecified atom stereocenters. The van der Waals surface area contributed by atoms with E-state index in [1.807, 2.05) is 6.92 Å². The normalized spacial score (nSPS) is 10.5. The number of rotatable bonds is 3. The van der Waals surface area contributed by atoms with E-state index in [1.54, 1.807) is 24.0 Å². The number of hydrogen-bond acceptors (Lipinski definition) is 3. The van der Waals surface area contributed by atoms with Crippen LogP contribution in [0.25, 0.3) is 0 Å². The third kappa shape index (κ3) is 2.88. The first kappa shape index (κ1) is 13.4. The van der Waals surface area contributed by atoms with Crippen molar-refractivity contribution in [2.45, 2.75) is 13.3 Å². The fourth-order valence-electron chi connectivity index (χ4n) is 1.78. The number of aryl methyl sites for hydroxylation is 2. The first-order valence-electron chi connectivity index (χ1n) is 5.83. The summed E-state index contributed by atoms with van der Waals surface area (Å²) in [6, 6.07) is 4.39. The van der Waals surface area contributed by atoms with Gasteiger partial charge in [-0.1, -0.05) is 18.5 Å². The lowest BCUT2D eigenvalue weighted by molar-refractivity contribution is 0.102. The van der Waals surface area contributed by atoms with Crippen LogP contribution in [-0.2, 0) is 13.5 Å². The molecule has 1 aromatic carbocycles.